The molecule has 2 rings (SSSR count). The Kier molecular flexibility index (Phi) is 3.37. The van der Waals surface area contributed by atoms with Gasteiger partial charge in [0.05, 0.1) is 11.1 Å². The molecule has 1 heterocycles. The van der Waals surface area contributed by atoms with Gasteiger partial charge in [-0.05, 0) is 24.5 Å². The molecule has 0 bridgehead atoms. The highest BCUT2D eigenvalue weighted by Crippen LogP contribution is 2.45. The third kappa shape index (κ3) is 1.80. The average Bonchev–Trinajstić information content (AvgIpc) is 2.56. The van der Waals surface area contributed by atoms with Gasteiger partial charge < -0.3 is 5.32 Å². The van der Waals surface area contributed by atoms with Gasteiger partial charge in [-0.2, -0.15) is 0 Å². The molecule has 0 atom stereocenters. The van der Waals surface area contributed by atoms with Gasteiger partial charge in [0.15, 0.2) is 0 Å². The highest BCUT2D eigenvalue weighted by atomic mass is 19.1. The predicted molar refractivity (Wildman–Crippen MR) is 66.5 cm³/mol. The molecule has 0 spiro atoms. The minimum absolute atomic E-state index is 0.156. The zero-order valence-electron chi connectivity index (χ0n) is 10.6. The summed E-state index contributed by atoms with van der Waals surface area (Å²) in [6.07, 6.45) is 2.82. The third-order valence-corrected chi connectivity index (χ3v) is 3.60. The van der Waals surface area contributed by atoms with Crippen molar-refractivity contribution < 1.29 is 13.6 Å². The molecule has 18 heavy (non-hydrogen) atoms. The molecular weight excluding hydrogens is 236 g/mol. The number of rotatable bonds is 4. The Hall–Kier alpha value is -1.45. The first-order valence-electron chi connectivity index (χ1n) is 6.36. The SMILES string of the molecule is CCCC1(CCC)C(=O)Nc2c(F)cc(F)cc21. The van der Waals surface area contributed by atoms with E-state index in [1.54, 1.807) is 0 Å². The summed E-state index contributed by atoms with van der Waals surface area (Å²) in [6.45, 7) is 3.94. The standard InChI is InChI=1S/C14H17F2NO/c1-3-5-14(6-4-2)10-7-9(15)8-11(16)12(10)17-13(14)18/h7-8H,3-6H2,1-2H3,(H,17,18). The van der Waals surface area contributed by atoms with E-state index in [0.717, 1.165) is 18.9 Å². The van der Waals surface area contributed by atoms with Crippen molar-refractivity contribution in [2.75, 3.05) is 5.32 Å². The maximum absolute atomic E-state index is 13.7. The Morgan fingerprint density at radius 1 is 1.17 bits per heavy atom. The molecule has 1 N–H and O–H groups in total. The Morgan fingerprint density at radius 3 is 2.33 bits per heavy atom. The van der Waals surface area contributed by atoms with Crippen molar-refractivity contribution in [3.8, 4) is 0 Å². The topological polar surface area (TPSA) is 29.1 Å². The van der Waals surface area contributed by atoms with Gasteiger partial charge in [0.2, 0.25) is 5.91 Å². The van der Waals surface area contributed by atoms with Gasteiger partial charge in [-0.15, -0.1) is 0 Å². The van der Waals surface area contributed by atoms with E-state index in [4.69, 9.17) is 0 Å². The summed E-state index contributed by atoms with van der Waals surface area (Å²) in [4.78, 5) is 12.2. The molecule has 0 unspecified atom stereocenters. The smallest absolute Gasteiger partial charge is 0.235 e. The maximum atomic E-state index is 13.7. The molecule has 1 aliphatic rings. The Bertz CT molecular complexity index is 479. The summed E-state index contributed by atoms with van der Waals surface area (Å²) in [5, 5.41) is 2.57. The van der Waals surface area contributed by atoms with Crippen LogP contribution in [0.5, 0.6) is 0 Å². The van der Waals surface area contributed by atoms with Crippen molar-refractivity contribution in [2.45, 2.75) is 44.9 Å². The Labute approximate surface area is 105 Å². The van der Waals surface area contributed by atoms with Crippen LogP contribution < -0.4 is 5.32 Å². The number of halogens is 2. The highest BCUT2D eigenvalue weighted by Gasteiger charge is 2.46. The molecule has 1 aromatic carbocycles. The summed E-state index contributed by atoms with van der Waals surface area (Å²) in [5.41, 5.74) is -0.126. The van der Waals surface area contributed by atoms with Crippen LogP contribution in [-0.4, -0.2) is 5.91 Å². The monoisotopic (exact) mass is 253 g/mol. The van der Waals surface area contributed by atoms with Crippen LogP contribution in [0, 0.1) is 11.6 Å². The second-order valence-electron chi connectivity index (χ2n) is 4.85. The molecule has 1 aromatic rings. The van der Waals surface area contributed by atoms with Gasteiger partial charge >= 0.3 is 0 Å². The van der Waals surface area contributed by atoms with E-state index >= 15 is 0 Å². The van der Waals surface area contributed by atoms with Crippen LogP contribution in [-0.2, 0) is 10.2 Å². The fraction of sp³-hybridized carbons (Fsp3) is 0.500. The van der Waals surface area contributed by atoms with Crippen LogP contribution in [0.2, 0.25) is 0 Å². The summed E-state index contributed by atoms with van der Waals surface area (Å²) in [6, 6.07) is 2.11. The molecule has 98 valence electrons. The summed E-state index contributed by atoms with van der Waals surface area (Å²) < 4.78 is 27.1. The average molecular weight is 253 g/mol. The number of anilines is 1. The van der Waals surface area contributed by atoms with Crippen molar-refractivity contribution in [1.29, 1.82) is 0 Å². The first-order chi connectivity index (χ1) is 8.55. The third-order valence-electron chi connectivity index (χ3n) is 3.60. The zero-order valence-corrected chi connectivity index (χ0v) is 10.6. The van der Waals surface area contributed by atoms with Crippen LogP contribution in [0.4, 0.5) is 14.5 Å². The molecule has 0 aromatic heterocycles. The fourth-order valence-electron chi connectivity index (χ4n) is 2.91. The highest BCUT2D eigenvalue weighted by molar-refractivity contribution is 6.06. The normalized spacial score (nSPS) is 16.6. The van der Waals surface area contributed by atoms with Crippen molar-refractivity contribution in [3.63, 3.8) is 0 Å². The van der Waals surface area contributed by atoms with Crippen molar-refractivity contribution in [1.82, 2.24) is 0 Å². The lowest BCUT2D eigenvalue weighted by Gasteiger charge is -2.26. The van der Waals surface area contributed by atoms with Crippen molar-refractivity contribution in [3.05, 3.63) is 29.3 Å². The van der Waals surface area contributed by atoms with E-state index in [9.17, 15) is 13.6 Å². The minimum Gasteiger partial charge on any atom is -0.323 e. The van der Waals surface area contributed by atoms with E-state index in [-0.39, 0.29) is 11.6 Å². The van der Waals surface area contributed by atoms with Crippen LogP contribution in [0.3, 0.4) is 0 Å². The number of carbonyl (C=O) groups is 1. The lowest BCUT2D eigenvalue weighted by atomic mass is 9.74. The fourth-order valence-corrected chi connectivity index (χ4v) is 2.91. The number of amides is 1. The number of carbonyl (C=O) groups excluding carboxylic acids is 1. The van der Waals surface area contributed by atoms with Crippen molar-refractivity contribution in [2.24, 2.45) is 0 Å². The van der Waals surface area contributed by atoms with Gasteiger partial charge in [0.25, 0.3) is 0 Å². The van der Waals surface area contributed by atoms with E-state index in [2.05, 4.69) is 5.32 Å². The lowest BCUT2D eigenvalue weighted by molar-refractivity contribution is -0.121. The molecular formula is C14H17F2NO. The number of nitrogens with one attached hydrogen (secondary N) is 1. The second kappa shape index (κ2) is 4.67. The predicted octanol–water partition coefficient (Wildman–Crippen LogP) is 3.75. The number of fused-ring (bicyclic) bond motifs is 1. The zero-order chi connectivity index (χ0) is 13.3. The van der Waals surface area contributed by atoms with Crippen molar-refractivity contribution >= 4 is 11.6 Å². The number of hydrogen-bond acceptors (Lipinski definition) is 1. The van der Waals surface area contributed by atoms with Crippen LogP contribution >= 0.6 is 0 Å². The minimum atomic E-state index is -0.762. The molecule has 0 saturated heterocycles. The quantitative estimate of drug-likeness (QED) is 0.869. The Balaban J connectivity index is 2.60. The van der Waals surface area contributed by atoms with Gasteiger partial charge in [0, 0.05) is 6.07 Å². The van der Waals surface area contributed by atoms with Gasteiger partial charge in [0.1, 0.15) is 11.6 Å². The molecule has 2 nitrogen and oxygen atoms in total. The number of hydrogen-bond donors (Lipinski definition) is 1. The molecule has 0 aliphatic carbocycles. The lowest BCUT2D eigenvalue weighted by Crippen LogP contribution is -2.34. The van der Waals surface area contributed by atoms with Gasteiger partial charge in [-0.1, -0.05) is 26.7 Å². The Morgan fingerprint density at radius 2 is 1.78 bits per heavy atom. The molecule has 0 fully saturated rings. The van der Waals surface area contributed by atoms with Crippen LogP contribution in [0.25, 0.3) is 0 Å². The first kappa shape index (κ1) is 13.0. The summed E-state index contributed by atoms with van der Waals surface area (Å²) in [7, 11) is 0. The molecule has 0 radical (unpaired) electrons. The van der Waals surface area contributed by atoms with E-state index in [0.29, 0.717) is 18.4 Å². The van der Waals surface area contributed by atoms with E-state index in [1.807, 2.05) is 13.8 Å². The number of benzene rings is 1. The maximum Gasteiger partial charge on any atom is 0.235 e. The first-order valence-corrected chi connectivity index (χ1v) is 6.36. The molecule has 1 amide bonds. The van der Waals surface area contributed by atoms with Gasteiger partial charge in [-0.3, -0.25) is 4.79 Å². The van der Waals surface area contributed by atoms with Crippen LogP contribution in [0.15, 0.2) is 12.1 Å². The second-order valence-corrected chi connectivity index (χ2v) is 4.85. The largest absolute Gasteiger partial charge is 0.323 e. The molecule has 1 aliphatic heterocycles. The summed E-state index contributed by atoms with van der Waals surface area (Å²) >= 11 is 0. The van der Waals surface area contributed by atoms with E-state index in [1.165, 1.54) is 6.07 Å². The molecule has 0 saturated carbocycles. The van der Waals surface area contributed by atoms with Crippen LogP contribution in [0.1, 0.15) is 45.1 Å². The molecule has 4 heteroatoms. The summed E-state index contributed by atoms with van der Waals surface area (Å²) in [5.74, 6) is -1.52. The van der Waals surface area contributed by atoms with E-state index < -0.39 is 17.0 Å². The van der Waals surface area contributed by atoms with Gasteiger partial charge in [-0.25, -0.2) is 8.78 Å².